The Morgan fingerprint density at radius 2 is 2.41 bits per heavy atom. The average Bonchev–Trinajstić information content (AvgIpc) is 2.70. The standard InChI is InChI=1S/C13H18FNO2/c1-9(8-16)6-15-7-12-5-10-4-11(14)2-3-13(10)17-12/h2-4,9,12,15-16H,5-8H2,1H3. The van der Waals surface area contributed by atoms with Gasteiger partial charge in [-0.15, -0.1) is 0 Å². The summed E-state index contributed by atoms with van der Waals surface area (Å²) in [7, 11) is 0. The lowest BCUT2D eigenvalue weighted by Gasteiger charge is -2.14. The number of aliphatic hydroxyl groups excluding tert-OH is 1. The topological polar surface area (TPSA) is 41.5 Å². The summed E-state index contributed by atoms with van der Waals surface area (Å²) in [6.07, 6.45) is 0.811. The number of aliphatic hydroxyl groups is 1. The molecule has 2 N–H and O–H groups in total. The first-order chi connectivity index (χ1) is 8.19. The smallest absolute Gasteiger partial charge is 0.123 e. The monoisotopic (exact) mass is 239 g/mol. The summed E-state index contributed by atoms with van der Waals surface area (Å²) in [6.45, 7) is 3.65. The molecule has 0 saturated carbocycles. The molecule has 17 heavy (non-hydrogen) atoms. The predicted molar refractivity (Wildman–Crippen MR) is 63.6 cm³/mol. The van der Waals surface area contributed by atoms with Crippen LogP contribution in [0.4, 0.5) is 4.39 Å². The number of fused-ring (bicyclic) bond motifs is 1. The first kappa shape index (κ1) is 12.3. The Labute approximate surface area is 101 Å². The fraction of sp³-hybridized carbons (Fsp3) is 0.538. The number of nitrogens with one attached hydrogen (secondary N) is 1. The lowest BCUT2D eigenvalue weighted by atomic mass is 10.1. The fourth-order valence-electron chi connectivity index (χ4n) is 1.96. The number of hydrogen-bond donors (Lipinski definition) is 2. The van der Waals surface area contributed by atoms with E-state index in [-0.39, 0.29) is 24.4 Å². The van der Waals surface area contributed by atoms with E-state index in [9.17, 15) is 4.39 Å². The van der Waals surface area contributed by atoms with Gasteiger partial charge >= 0.3 is 0 Å². The molecule has 3 nitrogen and oxygen atoms in total. The number of ether oxygens (including phenoxy) is 1. The van der Waals surface area contributed by atoms with Crippen LogP contribution in [0.3, 0.4) is 0 Å². The van der Waals surface area contributed by atoms with Gasteiger partial charge in [-0.2, -0.15) is 0 Å². The molecule has 0 aromatic heterocycles. The Hall–Kier alpha value is -1.13. The van der Waals surface area contributed by atoms with E-state index in [4.69, 9.17) is 9.84 Å². The third-order valence-electron chi connectivity index (χ3n) is 2.94. The van der Waals surface area contributed by atoms with Gasteiger partial charge in [0.1, 0.15) is 17.7 Å². The maximum atomic E-state index is 13.0. The molecule has 1 heterocycles. The number of hydrogen-bond acceptors (Lipinski definition) is 3. The number of rotatable bonds is 5. The highest BCUT2D eigenvalue weighted by molar-refractivity contribution is 5.37. The molecule has 0 fully saturated rings. The zero-order valence-electron chi connectivity index (χ0n) is 9.95. The molecule has 0 saturated heterocycles. The molecule has 4 heteroatoms. The van der Waals surface area contributed by atoms with Crippen molar-refractivity contribution >= 4 is 0 Å². The van der Waals surface area contributed by atoms with Gasteiger partial charge in [-0.25, -0.2) is 4.39 Å². The summed E-state index contributed by atoms with van der Waals surface area (Å²) < 4.78 is 18.7. The van der Waals surface area contributed by atoms with Gasteiger partial charge in [0.05, 0.1) is 0 Å². The van der Waals surface area contributed by atoms with E-state index in [2.05, 4.69) is 5.32 Å². The van der Waals surface area contributed by atoms with E-state index >= 15 is 0 Å². The summed E-state index contributed by atoms with van der Waals surface area (Å²) >= 11 is 0. The highest BCUT2D eigenvalue weighted by Crippen LogP contribution is 2.28. The lowest BCUT2D eigenvalue weighted by molar-refractivity contribution is 0.208. The normalized spacial score (nSPS) is 19.8. The van der Waals surface area contributed by atoms with Crippen LogP contribution in [0.5, 0.6) is 5.75 Å². The van der Waals surface area contributed by atoms with Crippen LogP contribution in [-0.2, 0) is 6.42 Å². The number of halogens is 1. The molecule has 0 amide bonds. The van der Waals surface area contributed by atoms with Crippen LogP contribution in [-0.4, -0.2) is 30.9 Å². The van der Waals surface area contributed by atoms with Crippen molar-refractivity contribution < 1.29 is 14.2 Å². The zero-order valence-corrected chi connectivity index (χ0v) is 9.95. The van der Waals surface area contributed by atoms with Crippen molar-refractivity contribution in [3.63, 3.8) is 0 Å². The van der Waals surface area contributed by atoms with Crippen molar-refractivity contribution in [2.24, 2.45) is 5.92 Å². The second-order valence-corrected chi connectivity index (χ2v) is 4.64. The van der Waals surface area contributed by atoms with E-state index in [1.807, 2.05) is 6.92 Å². The van der Waals surface area contributed by atoms with E-state index in [1.54, 1.807) is 6.07 Å². The summed E-state index contributed by atoms with van der Waals surface area (Å²) in [5.74, 6) is 0.819. The molecular weight excluding hydrogens is 221 g/mol. The summed E-state index contributed by atoms with van der Waals surface area (Å²) in [6, 6.07) is 4.63. The summed E-state index contributed by atoms with van der Waals surface area (Å²) in [5.41, 5.74) is 0.937. The molecule has 2 atom stereocenters. The van der Waals surface area contributed by atoms with Crippen LogP contribution in [0.15, 0.2) is 18.2 Å². The second-order valence-electron chi connectivity index (χ2n) is 4.64. The minimum Gasteiger partial charge on any atom is -0.488 e. The Morgan fingerprint density at radius 3 is 3.18 bits per heavy atom. The van der Waals surface area contributed by atoms with Crippen LogP contribution in [0.1, 0.15) is 12.5 Å². The molecule has 1 aliphatic rings. The van der Waals surface area contributed by atoms with Gasteiger partial charge in [0.15, 0.2) is 0 Å². The van der Waals surface area contributed by atoms with Crippen molar-refractivity contribution in [1.29, 1.82) is 0 Å². The second kappa shape index (κ2) is 5.47. The Balaban J connectivity index is 1.80. The first-order valence-corrected chi connectivity index (χ1v) is 5.95. The molecule has 1 aliphatic heterocycles. The van der Waals surface area contributed by atoms with Gasteiger partial charge in [-0.1, -0.05) is 6.92 Å². The van der Waals surface area contributed by atoms with Crippen molar-refractivity contribution in [2.75, 3.05) is 19.7 Å². The maximum Gasteiger partial charge on any atom is 0.123 e. The van der Waals surface area contributed by atoms with Gasteiger partial charge in [0.2, 0.25) is 0 Å². The van der Waals surface area contributed by atoms with Crippen LogP contribution >= 0.6 is 0 Å². The highest BCUT2D eigenvalue weighted by atomic mass is 19.1. The highest BCUT2D eigenvalue weighted by Gasteiger charge is 2.22. The molecule has 0 aliphatic carbocycles. The van der Waals surface area contributed by atoms with Crippen molar-refractivity contribution in [2.45, 2.75) is 19.4 Å². The van der Waals surface area contributed by atoms with Crippen LogP contribution in [0.2, 0.25) is 0 Å². The molecule has 1 aromatic carbocycles. The van der Waals surface area contributed by atoms with Gasteiger partial charge < -0.3 is 15.2 Å². The minimum atomic E-state index is -0.213. The Bertz CT molecular complexity index is 384. The largest absolute Gasteiger partial charge is 0.488 e. The molecule has 1 aromatic rings. The van der Waals surface area contributed by atoms with Gasteiger partial charge in [-0.3, -0.25) is 0 Å². The molecule has 0 radical (unpaired) electrons. The predicted octanol–water partition coefficient (Wildman–Crippen LogP) is 1.35. The molecule has 2 unspecified atom stereocenters. The van der Waals surface area contributed by atoms with E-state index in [0.717, 1.165) is 30.8 Å². The first-order valence-electron chi connectivity index (χ1n) is 5.95. The van der Waals surface area contributed by atoms with Crippen molar-refractivity contribution in [3.05, 3.63) is 29.6 Å². The molecule has 0 bridgehead atoms. The van der Waals surface area contributed by atoms with Crippen LogP contribution in [0.25, 0.3) is 0 Å². The minimum absolute atomic E-state index is 0.0673. The van der Waals surface area contributed by atoms with Crippen molar-refractivity contribution in [3.8, 4) is 5.75 Å². The quantitative estimate of drug-likeness (QED) is 0.815. The van der Waals surface area contributed by atoms with Gasteiger partial charge in [0.25, 0.3) is 0 Å². The molecular formula is C13H18FNO2. The third kappa shape index (κ3) is 3.17. The zero-order chi connectivity index (χ0) is 12.3. The van der Waals surface area contributed by atoms with Gasteiger partial charge in [0, 0.05) is 31.7 Å². The van der Waals surface area contributed by atoms with Crippen LogP contribution < -0.4 is 10.1 Å². The summed E-state index contributed by atoms with van der Waals surface area (Å²) in [4.78, 5) is 0. The summed E-state index contributed by atoms with van der Waals surface area (Å²) in [5, 5.41) is 12.1. The van der Waals surface area contributed by atoms with E-state index < -0.39 is 0 Å². The average molecular weight is 239 g/mol. The molecule has 2 rings (SSSR count). The number of benzene rings is 1. The molecule has 94 valence electrons. The van der Waals surface area contributed by atoms with Crippen LogP contribution in [0, 0.1) is 11.7 Å². The lowest BCUT2D eigenvalue weighted by Crippen LogP contribution is -2.33. The van der Waals surface area contributed by atoms with Crippen molar-refractivity contribution in [1.82, 2.24) is 5.32 Å². The third-order valence-corrected chi connectivity index (χ3v) is 2.94. The maximum absolute atomic E-state index is 13.0. The van der Waals surface area contributed by atoms with E-state index in [0.29, 0.717) is 0 Å². The Kier molecular flexibility index (Phi) is 3.97. The van der Waals surface area contributed by atoms with Gasteiger partial charge in [-0.05, 0) is 24.1 Å². The molecule has 0 spiro atoms. The SMILES string of the molecule is CC(CO)CNCC1Cc2cc(F)ccc2O1. The fourth-order valence-corrected chi connectivity index (χ4v) is 1.96. The van der Waals surface area contributed by atoms with E-state index in [1.165, 1.54) is 12.1 Å². The Morgan fingerprint density at radius 1 is 1.59 bits per heavy atom.